The number of benzene rings is 2. The van der Waals surface area contributed by atoms with E-state index in [1.807, 2.05) is 6.07 Å². The van der Waals surface area contributed by atoms with E-state index >= 15 is 0 Å². The van der Waals surface area contributed by atoms with E-state index in [0.717, 1.165) is 12.1 Å². The van der Waals surface area contributed by atoms with Gasteiger partial charge in [0.05, 0.1) is 11.3 Å². The molecular formula is C21H25ClN4O4. The van der Waals surface area contributed by atoms with Crippen LogP contribution in [0.4, 0.5) is 11.4 Å². The van der Waals surface area contributed by atoms with E-state index in [2.05, 4.69) is 10.6 Å². The van der Waals surface area contributed by atoms with E-state index in [-0.39, 0.29) is 30.8 Å². The molecule has 1 saturated heterocycles. The molecule has 0 saturated carbocycles. The molecule has 0 atom stereocenters. The summed E-state index contributed by atoms with van der Waals surface area (Å²) in [4.78, 5) is 38.1. The number of ether oxygens (including phenoxy) is 1. The van der Waals surface area contributed by atoms with Crippen LogP contribution in [0.2, 0.25) is 0 Å². The number of carbonyl (C=O) groups is 3. The third-order valence-electron chi connectivity index (χ3n) is 4.45. The summed E-state index contributed by atoms with van der Waals surface area (Å²) in [6.45, 7) is 1.14. The highest BCUT2D eigenvalue weighted by molar-refractivity contribution is 6.04. The summed E-state index contributed by atoms with van der Waals surface area (Å²) >= 11 is 0. The Balaban J connectivity index is 0.00000320. The van der Waals surface area contributed by atoms with Gasteiger partial charge in [-0.1, -0.05) is 18.2 Å². The first-order valence-electron chi connectivity index (χ1n) is 9.49. The van der Waals surface area contributed by atoms with Crippen molar-refractivity contribution in [3.8, 4) is 5.75 Å². The Labute approximate surface area is 181 Å². The first-order valence-corrected chi connectivity index (χ1v) is 9.49. The van der Waals surface area contributed by atoms with Crippen molar-refractivity contribution in [3.05, 3.63) is 54.1 Å². The van der Waals surface area contributed by atoms with E-state index in [4.69, 9.17) is 10.5 Å². The Morgan fingerprint density at radius 3 is 2.67 bits per heavy atom. The van der Waals surface area contributed by atoms with Gasteiger partial charge in [-0.25, -0.2) is 0 Å². The van der Waals surface area contributed by atoms with Gasteiger partial charge in [-0.05, 0) is 30.7 Å². The lowest BCUT2D eigenvalue weighted by Crippen LogP contribution is -2.30. The third kappa shape index (κ3) is 5.95. The summed E-state index contributed by atoms with van der Waals surface area (Å²) in [5.74, 6) is -0.127. The molecule has 30 heavy (non-hydrogen) atoms. The lowest BCUT2D eigenvalue weighted by Gasteiger charge is -2.17. The third-order valence-corrected chi connectivity index (χ3v) is 4.45. The number of anilines is 2. The topological polar surface area (TPSA) is 114 Å². The standard InChI is InChI=1S/C21H24N4O4.ClH/c22-10-11-23-21(28)17-7-1-2-8-18(17)24-19(26)14-29-16-6-3-5-15(13-16)25-12-4-9-20(25)27;/h1-3,5-8,13H,4,9-12,14,22H2,(H,23,28)(H,24,26);1H. The zero-order valence-corrected chi connectivity index (χ0v) is 17.2. The number of halogens is 1. The Hall–Kier alpha value is -3.10. The van der Waals surface area contributed by atoms with E-state index in [0.29, 0.717) is 43.1 Å². The fraction of sp³-hybridized carbons (Fsp3) is 0.286. The molecule has 8 nitrogen and oxygen atoms in total. The van der Waals surface area contributed by atoms with E-state index in [1.54, 1.807) is 47.4 Å². The summed E-state index contributed by atoms with van der Waals surface area (Å²) < 4.78 is 5.57. The van der Waals surface area contributed by atoms with Crippen LogP contribution in [0.1, 0.15) is 23.2 Å². The molecule has 4 N–H and O–H groups in total. The van der Waals surface area contributed by atoms with Gasteiger partial charge in [0.1, 0.15) is 5.75 Å². The normalized spacial score (nSPS) is 12.8. The largest absolute Gasteiger partial charge is 0.484 e. The van der Waals surface area contributed by atoms with Gasteiger partial charge in [-0.3, -0.25) is 14.4 Å². The Kier molecular flexibility index (Phi) is 8.64. The number of nitrogens with zero attached hydrogens (tertiary/aromatic N) is 1. The molecule has 160 valence electrons. The van der Waals surface area contributed by atoms with Crippen molar-refractivity contribution in [2.75, 3.05) is 36.5 Å². The van der Waals surface area contributed by atoms with Crippen LogP contribution in [0.5, 0.6) is 5.75 Å². The monoisotopic (exact) mass is 432 g/mol. The van der Waals surface area contributed by atoms with Crippen molar-refractivity contribution >= 4 is 41.5 Å². The predicted molar refractivity (Wildman–Crippen MR) is 117 cm³/mol. The van der Waals surface area contributed by atoms with Gasteiger partial charge in [0.2, 0.25) is 5.91 Å². The number of nitrogens with one attached hydrogen (secondary N) is 2. The first kappa shape index (κ1) is 23.2. The van der Waals surface area contributed by atoms with Crippen LogP contribution >= 0.6 is 12.4 Å². The van der Waals surface area contributed by atoms with Crippen molar-refractivity contribution in [3.63, 3.8) is 0 Å². The summed E-state index contributed by atoms with van der Waals surface area (Å²) in [6, 6.07) is 13.8. The van der Waals surface area contributed by atoms with Crippen molar-refractivity contribution in [1.82, 2.24) is 5.32 Å². The number of hydrogen-bond donors (Lipinski definition) is 3. The maximum atomic E-state index is 12.3. The summed E-state index contributed by atoms with van der Waals surface area (Å²) in [5, 5.41) is 5.37. The molecule has 3 rings (SSSR count). The molecule has 2 aromatic rings. The predicted octanol–water partition coefficient (Wildman–Crippen LogP) is 1.94. The molecule has 1 aliphatic heterocycles. The minimum absolute atomic E-state index is 0. The van der Waals surface area contributed by atoms with Crippen LogP contribution in [0.3, 0.4) is 0 Å². The fourth-order valence-corrected chi connectivity index (χ4v) is 3.07. The van der Waals surface area contributed by atoms with Crippen molar-refractivity contribution < 1.29 is 19.1 Å². The zero-order valence-electron chi connectivity index (χ0n) is 16.4. The number of para-hydroxylation sites is 1. The lowest BCUT2D eigenvalue weighted by molar-refractivity contribution is -0.118. The van der Waals surface area contributed by atoms with Crippen LogP contribution in [-0.2, 0) is 9.59 Å². The van der Waals surface area contributed by atoms with Crippen molar-refractivity contribution in [2.45, 2.75) is 12.8 Å². The molecule has 2 aromatic carbocycles. The van der Waals surface area contributed by atoms with Gasteiger partial charge in [0, 0.05) is 37.8 Å². The van der Waals surface area contributed by atoms with Crippen molar-refractivity contribution in [1.29, 1.82) is 0 Å². The quantitative estimate of drug-likeness (QED) is 0.589. The maximum absolute atomic E-state index is 12.3. The summed E-state index contributed by atoms with van der Waals surface area (Å²) in [6.07, 6.45) is 1.39. The second-order valence-corrected chi connectivity index (χ2v) is 6.57. The minimum atomic E-state index is -0.397. The second-order valence-electron chi connectivity index (χ2n) is 6.57. The maximum Gasteiger partial charge on any atom is 0.262 e. The van der Waals surface area contributed by atoms with Gasteiger partial charge in [0.25, 0.3) is 11.8 Å². The van der Waals surface area contributed by atoms with E-state index in [1.165, 1.54) is 0 Å². The average Bonchev–Trinajstić information content (AvgIpc) is 3.17. The Bertz CT molecular complexity index is 906. The molecule has 0 bridgehead atoms. The summed E-state index contributed by atoms with van der Waals surface area (Å²) in [7, 11) is 0. The summed E-state index contributed by atoms with van der Waals surface area (Å²) in [5.41, 5.74) is 6.91. The van der Waals surface area contributed by atoms with Gasteiger partial charge in [-0.2, -0.15) is 0 Å². The molecule has 0 unspecified atom stereocenters. The molecule has 0 aliphatic carbocycles. The average molecular weight is 433 g/mol. The van der Waals surface area contributed by atoms with Crippen LogP contribution in [0.15, 0.2) is 48.5 Å². The van der Waals surface area contributed by atoms with Crippen LogP contribution in [-0.4, -0.2) is 44.0 Å². The van der Waals surface area contributed by atoms with Crippen LogP contribution in [0, 0.1) is 0 Å². The molecule has 0 radical (unpaired) electrons. The SMILES string of the molecule is Cl.NCCNC(=O)c1ccccc1NC(=O)COc1cccc(N2CCCC2=O)c1. The fourth-order valence-electron chi connectivity index (χ4n) is 3.07. The van der Waals surface area contributed by atoms with Gasteiger partial charge < -0.3 is 26.0 Å². The molecule has 3 amide bonds. The smallest absolute Gasteiger partial charge is 0.262 e. The molecule has 9 heteroatoms. The lowest BCUT2D eigenvalue weighted by atomic mass is 10.1. The van der Waals surface area contributed by atoms with Gasteiger partial charge in [0.15, 0.2) is 6.61 Å². The molecule has 1 fully saturated rings. The molecule has 1 aliphatic rings. The Morgan fingerprint density at radius 1 is 1.13 bits per heavy atom. The molecule has 0 spiro atoms. The van der Waals surface area contributed by atoms with E-state index < -0.39 is 5.91 Å². The highest BCUT2D eigenvalue weighted by Crippen LogP contribution is 2.25. The molecule has 0 aromatic heterocycles. The molecular weight excluding hydrogens is 408 g/mol. The van der Waals surface area contributed by atoms with Crippen molar-refractivity contribution in [2.24, 2.45) is 5.73 Å². The second kappa shape index (κ2) is 11.2. The van der Waals surface area contributed by atoms with Gasteiger partial charge in [-0.15, -0.1) is 12.4 Å². The van der Waals surface area contributed by atoms with Crippen LogP contribution in [0.25, 0.3) is 0 Å². The minimum Gasteiger partial charge on any atom is -0.484 e. The number of nitrogens with two attached hydrogens (primary N) is 1. The molecule has 1 heterocycles. The van der Waals surface area contributed by atoms with Crippen LogP contribution < -0.4 is 26.0 Å². The zero-order chi connectivity index (χ0) is 20.6. The highest BCUT2D eigenvalue weighted by atomic mass is 35.5. The number of hydrogen-bond acceptors (Lipinski definition) is 5. The Morgan fingerprint density at radius 2 is 1.93 bits per heavy atom. The number of carbonyl (C=O) groups excluding carboxylic acids is 3. The number of amides is 3. The van der Waals surface area contributed by atoms with E-state index in [9.17, 15) is 14.4 Å². The number of rotatable bonds is 8. The first-order chi connectivity index (χ1) is 14.1. The highest BCUT2D eigenvalue weighted by Gasteiger charge is 2.22. The van der Waals surface area contributed by atoms with Gasteiger partial charge >= 0.3 is 0 Å².